The second-order valence-corrected chi connectivity index (χ2v) is 2.33. The summed E-state index contributed by atoms with van der Waals surface area (Å²) < 4.78 is 0. The van der Waals surface area contributed by atoms with Gasteiger partial charge in [0.15, 0.2) is 0 Å². The van der Waals surface area contributed by atoms with Gasteiger partial charge in [0.25, 0.3) is 0 Å². The van der Waals surface area contributed by atoms with Gasteiger partial charge in [-0.3, -0.25) is 0 Å². The Hall–Kier alpha value is -0.550. The van der Waals surface area contributed by atoms with Crippen molar-refractivity contribution in [2.75, 3.05) is 5.73 Å². The van der Waals surface area contributed by atoms with Crippen LogP contribution in [0, 0.1) is 0 Å². The fraction of sp³-hybridized carbons (Fsp3) is 0. The second-order valence-electron chi connectivity index (χ2n) is 1.67. The third-order valence-electron chi connectivity index (χ3n) is 0.936. The number of hydrogen-bond donors (Lipinski definition) is 1. The maximum Gasteiger partial charge on any atom is 0.0314 e. The van der Waals surface area contributed by atoms with Gasteiger partial charge < -0.3 is 5.73 Å². The van der Waals surface area contributed by atoms with Crippen LogP contribution in [0.15, 0.2) is 24.3 Å². The summed E-state index contributed by atoms with van der Waals surface area (Å²) in [6.07, 6.45) is 0. The molecule has 0 saturated heterocycles. The van der Waals surface area contributed by atoms with E-state index in [1.807, 2.05) is 24.3 Å². The van der Waals surface area contributed by atoms with Crippen molar-refractivity contribution in [3.05, 3.63) is 24.3 Å². The van der Waals surface area contributed by atoms with Gasteiger partial charge in [-0.05, 0) is 17.4 Å². The van der Waals surface area contributed by atoms with Gasteiger partial charge in [-0.25, -0.2) is 0 Å². The van der Waals surface area contributed by atoms with Gasteiger partial charge >= 0.3 is 0 Å². The highest BCUT2D eigenvalue weighted by Gasteiger charge is 1.80. The number of rotatable bonds is 0. The normalized spacial score (nSPS) is 9.12. The van der Waals surface area contributed by atoms with Crippen molar-refractivity contribution >= 4 is 20.2 Å². The van der Waals surface area contributed by atoms with Crippen LogP contribution in [0.2, 0.25) is 0 Å². The van der Waals surface area contributed by atoms with E-state index in [0.29, 0.717) is 0 Å². The zero-order valence-electron chi connectivity index (χ0n) is 4.46. The summed E-state index contributed by atoms with van der Waals surface area (Å²) in [5, 5.41) is 1.17. The molecule has 42 valence electrons. The molecule has 0 aliphatic heterocycles. The zero-order chi connectivity index (χ0) is 5.98. The Bertz CT molecular complexity index is 147. The van der Waals surface area contributed by atoms with Crippen LogP contribution in [-0.4, -0.2) is 0 Å². The lowest BCUT2D eigenvalue weighted by Gasteiger charge is -1.90. The Kier molecular flexibility index (Phi) is 1.50. The third-order valence-corrected chi connectivity index (χ3v) is 1.32. The molecule has 0 aliphatic rings. The molecule has 2 N–H and O–H groups in total. The molecule has 1 nitrogen and oxygen atoms in total. The number of nitrogen functional groups attached to an aromatic ring is 1. The molecule has 1 rings (SSSR count). The summed E-state index contributed by atoms with van der Waals surface area (Å²) in [7, 11) is 2.60. The van der Waals surface area contributed by atoms with Gasteiger partial charge in [0.2, 0.25) is 0 Å². The van der Waals surface area contributed by atoms with Crippen LogP contribution in [0.4, 0.5) is 5.69 Å². The van der Waals surface area contributed by atoms with E-state index >= 15 is 0 Å². The highest BCUT2D eigenvalue weighted by Crippen LogP contribution is 1.97. The van der Waals surface area contributed by atoms with Crippen molar-refractivity contribution in [2.45, 2.75) is 0 Å². The quantitative estimate of drug-likeness (QED) is 0.402. The first-order valence-corrected chi connectivity index (χ1v) is 2.98. The van der Waals surface area contributed by atoms with E-state index in [0.717, 1.165) is 5.69 Å². The molecule has 1 aromatic carbocycles. The van der Waals surface area contributed by atoms with Crippen molar-refractivity contribution in [1.82, 2.24) is 0 Å². The van der Waals surface area contributed by atoms with E-state index in [1.54, 1.807) is 0 Å². The Labute approximate surface area is 51.1 Å². The molecule has 0 saturated carbocycles. The molecule has 0 amide bonds. The lowest BCUT2D eigenvalue weighted by Crippen LogP contribution is -1.89. The van der Waals surface area contributed by atoms with Gasteiger partial charge in [0.1, 0.15) is 0 Å². The SMILES string of the molecule is Nc1ccc(P)cc1. The van der Waals surface area contributed by atoms with E-state index < -0.39 is 0 Å². The topological polar surface area (TPSA) is 26.0 Å². The highest BCUT2D eigenvalue weighted by molar-refractivity contribution is 7.27. The minimum atomic E-state index is 0.816. The molecule has 1 atom stereocenters. The molecule has 0 radical (unpaired) electrons. The number of anilines is 1. The van der Waals surface area contributed by atoms with Crippen LogP contribution < -0.4 is 11.0 Å². The van der Waals surface area contributed by atoms with Gasteiger partial charge in [-0.15, -0.1) is 9.24 Å². The molecule has 8 heavy (non-hydrogen) atoms. The molecule has 0 bridgehead atoms. The van der Waals surface area contributed by atoms with Crippen LogP contribution in [-0.2, 0) is 0 Å². The summed E-state index contributed by atoms with van der Waals surface area (Å²) in [6, 6.07) is 7.67. The van der Waals surface area contributed by atoms with Crippen molar-refractivity contribution in [2.24, 2.45) is 0 Å². The molecule has 0 aliphatic carbocycles. The average molecular weight is 125 g/mol. The van der Waals surface area contributed by atoms with Crippen molar-refractivity contribution in [3.8, 4) is 0 Å². The van der Waals surface area contributed by atoms with E-state index in [-0.39, 0.29) is 0 Å². The highest BCUT2D eigenvalue weighted by atomic mass is 31.0. The Morgan fingerprint density at radius 1 is 1.12 bits per heavy atom. The first kappa shape index (κ1) is 5.58. The van der Waals surface area contributed by atoms with Crippen LogP contribution >= 0.6 is 9.24 Å². The molecule has 1 unspecified atom stereocenters. The first-order chi connectivity index (χ1) is 3.79. The summed E-state index contributed by atoms with van der Waals surface area (Å²) in [4.78, 5) is 0. The largest absolute Gasteiger partial charge is 0.399 e. The fourth-order valence-corrected chi connectivity index (χ4v) is 0.688. The summed E-state index contributed by atoms with van der Waals surface area (Å²) in [5.74, 6) is 0. The van der Waals surface area contributed by atoms with E-state index in [2.05, 4.69) is 9.24 Å². The summed E-state index contributed by atoms with van der Waals surface area (Å²) in [5.41, 5.74) is 6.23. The predicted octanol–water partition coefficient (Wildman–Crippen LogP) is 0.769. The van der Waals surface area contributed by atoms with E-state index in [1.165, 1.54) is 5.30 Å². The molecule has 0 heterocycles. The minimum absolute atomic E-state index is 0.816. The molecule has 0 spiro atoms. The van der Waals surface area contributed by atoms with Crippen LogP contribution in [0.1, 0.15) is 0 Å². The van der Waals surface area contributed by atoms with Crippen LogP contribution in [0.25, 0.3) is 0 Å². The minimum Gasteiger partial charge on any atom is -0.399 e. The lowest BCUT2D eigenvalue weighted by atomic mass is 10.3. The molecular formula is C6H8NP. The monoisotopic (exact) mass is 125 g/mol. The summed E-state index contributed by atoms with van der Waals surface area (Å²) >= 11 is 0. The lowest BCUT2D eigenvalue weighted by molar-refractivity contribution is 1.73. The van der Waals surface area contributed by atoms with E-state index in [4.69, 9.17) is 5.73 Å². The maximum absolute atomic E-state index is 5.42. The van der Waals surface area contributed by atoms with Gasteiger partial charge in [-0.1, -0.05) is 12.1 Å². The number of hydrogen-bond acceptors (Lipinski definition) is 1. The third kappa shape index (κ3) is 1.21. The maximum atomic E-state index is 5.42. The summed E-state index contributed by atoms with van der Waals surface area (Å²) in [6.45, 7) is 0. The molecule has 0 fully saturated rings. The standard InChI is InChI=1S/C6H8NP/c7-5-1-3-6(8)4-2-5/h1-4H,7-8H2. The van der Waals surface area contributed by atoms with Gasteiger partial charge in [-0.2, -0.15) is 0 Å². The van der Waals surface area contributed by atoms with Crippen molar-refractivity contribution < 1.29 is 0 Å². The molecule has 2 heteroatoms. The second kappa shape index (κ2) is 2.15. The Balaban J connectivity index is 3.03. The Morgan fingerprint density at radius 2 is 1.62 bits per heavy atom. The zero-order valence-corrected chi connectivity index (χ0v) is 5.62. The predicted molar refractivity (Wildman–Crippen MR) is 40.2 cm³/mol. The molecule has 0 aromatic heterocycles. The van der Waals surface area contributed by atoms with Crippen LogP contribution in [0.3, 0.4) is 0 Å². The molecular weight excluding hydrogens is 117 g/mol. The van der Waals surface area contributed by atoms with E-state index in [9.17, 15) is 0 Å². The van der Waals surface area contributed by atoms with Crippen molar-refractivity contribution in [3.63, 3.8) is 0 Å². The Morgan fingerprint density at radius 3 is 2.00 bits per heavy atom. The fourth-order valence-electron chi connectivity index (χ4n) is 0.496. The first-order valence-electron chi connectivity index (χ1n) is 2.40. The van der Waals surface area contributed by atoms with Gasteiger partial charge in [0.05, 0.1) is 0 Å². The molecule has 1 aromatic rings. The van der Waals surface area contributed by atoms with Gasteiger partial charge in [0, 0.05) is 5.69 Å². The smallest absolute Gasteiger partial charge is 0.0314 e. The van der Waals surface area contributed by atoms with Crippen molar-refractivity contribution in [1.29, 1.82) is 0 Å². The van der Waals surface area contributed by atoms with Crippen LogP contribution in [0.5, 0.6) is 0 Å². The number of benzene rings is 1. The average Bonchev–Trinajstić information content (AvgIpc) is 1.77. The number of nitrogens with two attached hydrogens (primary N) is 1.